The lowest BCUT2D eigenvalue weighted by atomic mass is 10.2. The fourth-order valence-electron chi connectivity index (χ4n) is 2.38. The Labute approximate surface area is 141 Å². The Hall–Kier alpha value is -2.86. The molecule has 8 heteroatoms. The molecule has 1 heterocycles. The zero-order chi connectivity index (χ0) is 17.6. The highest BCUT2D eigenvalue weighted by Crippen LogP contribution is 2.19. The van der Waals surface area contributed by atoms with Gasteiger partial charge in [0.05, 0.1) is 5.75 Å². The zero-order valence-electron chi connectivity index (χ0n) is 12.9. The number of anilines is 1. The predicted molar refractivity (Wildman–Crippen MR) is 87.4 cm³/mol. The summed E-state index contributed by atoms with van der Waals surface area (Å²) in [5, 5.41) is 29.3. The Morgan fingerprint density at radius 1 is 1.04 bits per heavy atom. The van der Waals surface area contributed by atoms with Gasteiger partial charge >= 0.3 is 0 Å². The molecule has 0 saturated carbocycles. The Morgan fingerprint density at radius 2 is 1.62 bits per heavy atom. The second kappa shape index (κ2) is 7.61. The van der Waals surface area contributed by atoms with E-state index in [1.807, 2.05) is 0 Å². The predicted octanol–water partition coefficient (Wildman–Crippen LogP) is 1.85. The molecule has 0 atom stereocenters. The first kappa shape index (κ1) is 17.5. The first-order chi connectivity index (χ1) is 11.5. The van der Waals surface area contributed by atoms with E-state index in [2.05, 4.69) is 5.32 Å². The van der Waals surface area contributed by atoms with Crippen molar-refractivity contribution >= 4 is 15.7 Å². The summed E-state index contributed by atoms with van der Waals surface area (Å²) in [5.74, 6) is -0.0735. The number of allylic oxidation sites excluding steroid dienone is 2. The summed E-state index contributed by atoms with van der Waals surface area (Å²) >= 11 is 0. The highest BCUT2D eigenvalue weighted by atomic mass is 32.2. The van der Waals surface area contributed by atoms with Gasteiger partial charge < -0.3 is 5.32 Å². The molecule has 0 amide bonds. The molecule has 0 bridgehead atoms. The maximum Gasteiger partial charge on any atom is 0.218 e. The largest absolute Gasteiger partial charge is 0.345 e. The lowest BCUT2D eigenvalue weighted by Gasteiger charge is -2.15. The van der Waals surface area contributed by atoms with Gasteiger partial charge in [0, 0.05) is 18.8 Å². The van der Waals surface area contributed by atoms with E-state index >= 15 is 0 Å². The smallest absolute Gasteiger partial charge is 0.218 e. The topological polar surface area (TPSA) is 121 Å². The average Bonchev–Trinajstić information content (AvgIpc) is 3.12. The van der Waals surface area contributed by atoms with Crippen LogP contribution < -0.4 is 5.32 Å². The summed E-state index contributed by atoms with van der Waals surface area (Å²) in [7, 11) is -3.31. The van der Waals surface area contributed by atoms with E-state index in [-0.39, 0.29) is 17.0 Å². The van der Waals surface area contributed by atoms with Crippen LogP contribution in [0.15, 0.2) is 35.5 Å². The van der Waals surface area contributed by atoms with Crippen molar-refractivity contribution < 1.29 is 8.42 Å². The van der Waals surface area contributed by atoms with Crippen molar-refractivity contribution in [2.24, 2.45) is 0 Å². The molecule has 0 spiro atoms. The molecule has 0 radical (unpaired) electrons. The summed E-state index contributed by atoms with van der Waals surface area (Å²) in [5.41, 5.74) is 0.684. The van der Waals surface area contributed by atoms with Crippen LogP contribution in [-0.2, 0) is 15.8 Å². The third kappa shape index (κ3) is 4.11. The SMILES string of the molecule is N#CC(C#N)=C(C#N)Nc1ccc(CS(=O)(=O)N2CCCC2)cc1. The van der Waals surface area contributed by atoms with Gasteiger partial charge in [-0.3, -0.25) is 0 Å². The van der Waals surface area contributed by atoms with Gasteiger partial charge in [-0.2, -0.15) is 15.8 Å². The van der Waals surface area contributed by atoms with E-state index in [0.717, 1.165) is 12.8 Å². The lowest BCUT2D eigenvalue weighted by molar-refractivity contribution is 0.476. The van der Waals surface area contributed by atoms with Gasteiger partial charge in [0.15, 0.2) is 5.57 Å². The first-order valence-electron chi connectivity index (χ1n) is 7.28. The minimum Gasteiger partial charge on any atom is -0.345 e. The molecule has 1 fully saturated rings. The van der Waals surface area contributed by atoms with Crippen LogP contribution in [0.1, 0.15) is 18.4 Å². The Balaban J connectivity index is 2.12. The quantitative estimate of drug-likeness (QED) is 0.816. The molecule has 1 aromatic carbocycles. The summed E-state index contributed by atoms with van der Waals surface area (Å²) < 4.78 is 26.0. The zero-order valence-corrected chi connectivity index (χ0v) is 13.7. The van der Waals surface area contributed by atoms with Gasteiger partial charge in [0.2, 0.25) is 10.0 Å². The molecule has 2 rings (SSSR count). The van der Waals surface area contributed by atoms with E-state index < -0.39 is 10.0 Å². The third-order valence-corrected chi connectivity index (χ3v) is 5.47. The highest BCUT2D eigenvalue weighted by Gasteiger charge is 2.25. The van der Waals surface area contributed by atoms with Crippen molar-refractivity contribution in [3.63, 3.8) is 0 Å². The molecular formula is C16H15N5O2S. The summed E-state index contributed by atoms with van der Waals surface area (Å²) in [6.07, 6.45) is 1.79. The molecule has 0 aliphatic carbocycles. The maximum atomic E-state index is 12.3. The van der Waals surface area contributed by atoms with E-state index in [9.17, 15) is 8.42 Å². The van der Waals surface area contributed by atoms with E-state index in [4.69, 9.17) is 15.8 Å². The molecule has 0 aromatic heterocycles. The number of nitrogens with one attached hydrogen (secondary N) is 1. The Morgan fingerprint density at radius 3 is 2.12 bits per heavy atom. The molecule has 1 aliphatic heterocycles. The maximum absolute atomic E-state index is 12.3. The van der Waals surface area contributed by atoms with Crippen LogP contribution in [0.4, 0.5) is 5.69 Å². The van der Waals surface area contributed by atoms with Crippen LogP contribution in [0.5, 0.6) is 0 Å². The van der Waals surface area contributed by atoms with Crippen molar-refractivity contribution in [3.05, 3.63) is 41.1 Å². The molecule has 122 valence electrons. The fourth-order valence-corrected chi connectivity index (χ4v) is 3.99. The molecule has 1 N–H and O–H groups in total. The average molecular weight is 341 g/mol. The standard InChI is InChI=1S/C16H15N5O2S/c17-9-14(10-18)16(11-19)20-15-5-3-13(4-6-15)12-24(22,23)21-7-1-2-8-21/h3-6,20H,1-2,7-8,12H2. The van der Waals surface area contributed by atoms with Gasteiger partial charge in [-0.1, -0.05) is 12.1 Å². The van der Waals surface area contributed by atoms with Gasteiger partial charge in [-0.05, 0) is 30.5 Å². The second-order valence-electron chi connectivity index (χ2n) is 5.27. The van der Waals surface area contributed by atoms with Crippen LogP contribution in [0.2, 0.25) is 0 Å². The summed E-state index contributed by atoms with van der Waals surface area (Å²) in [4.78, 5) is 0. The third-order valence-electron chi connectivity index (χ3n) is 3.62. The molecule has 1 aromatic rings. The number of nitriles is 3. The van der Waals surface area contributed by atoms with Crippen molar-refractivity contribution in [1.29, 1.82) is 15.8 Å². The van der Waals surface area contributed by atoms with Crippen LogP contribution in [0.25, 0.3) is 0 Å². The molecule has 0 unspecified atom stereocenters. The van der Waals surface area contributed by atoms with Gasteiger partial charge in [0.1, 0.15) is 23.9 Å². The number of sulfonamides is 1. The molecular weight excluding hydrogens is 326 g/mol. The number of nitrogens with zero attached hydrogens (tertiary/aromatic N) is 4. The lowest BCUT2D eigenvalue weighted by Crippen LogP contribution is -2.29. The van der Waals surface area contributed by atoms with Crippen molar-refractivity contribution in [2.75, 3.05) is 18.4 Å². The fraction of sp³-hybridized carbons (Fsp3) is 0.312. The van der Waals surface area contributed by atoms with Gasteiger partial charge in [-0.25, -0.2) is 12.7 Å². The van der Waals surface area contributed by atoms with Crippen LogP contribution in [0, 0.1) is 34.0 Å². The summed E-state index contributed by atoms with van der Waals surface area (Å²) in [6.45, 7) is 1.15. The normalized spacial score (nSPS) is 14.2. The molecule has 7 nitrogen and oxygen atoms in total. The van der Waals surface area contributed by atoms with Crippen LogP contribution in [-0.4, -0.2) is 25.8 Å². The van der Waals surface area contributed by atoms with E-state index in [1.165, 1.54) is 4.31 Å². The molecule has 1 saturated heterocycles. The minimum atomic E-state index is -3.31. The van der Waals surface area contributed by atoms with Gasteiger partial charge in [0.25, 0.3) is 0 Å². The highest BCUT2D eigenvalue weighted by molar-refractivity contribution is 7.88. The van der Waals surface area contributed by atoms with Crippen molar-refractivity contribution in [3.8, 4) is 18.2 Å². The Kier molecular flexibility index (Phi) is 5.55. The van der Waals surface area contributed by atoms with E-state index in [1.54, 1.807) is 42.5 Å². The molecule has 24 heavy (non-hydrogen) atoms. The Bertz CT molecular complexity index is 845. The van der Waals surface area contributed by atoms with Crippen molar-refractivity contribution in [2.45, 2.75) is 18.6 Å². The van der Waals surface area contributed by atoms with Crippen LogP contribution >= 0.6 is 0 Å². The summed E-state index contributed by atoms with van der Waals surface area (Å²) in [6, 6.07) is 11.6. The number of benzene rings is 1. The van der Waals surface area contributed by atoms with Crippen LogP contribution in [0.3, 0.4) is 0 Å². The van der Waals surface area contributed by atoms with E-state index in [0.29, 0.717) is 24.3 Å². The second-order valence-corrected chi connectivity index (χ2v) is 7.24. The first-order valence-corrected chi connectivity index (χ1v) is 8.89. The number of rotatable bonds is 5. The monoisotopic (exact) mass is 341 g/mol. The number of hydrogen-bond acceptors (Lipinski definition) is 6. The molecule has 1 aliphatic rings. The number of hydrogen-bond donors (Lipinski definition) is 1. The van der Waals surface area contributed by atoms with Gasteiger partial charge in [-0.15, -0.1) is 0 Å². The minimum absolute atomic E-state index is 0.0735. The van der Waals surface area contributed by atoms with Crippen molar-refractivity contribution in [1.82, 2.24) is 4.31 Å².